The van der Waals surface area contributed by atoms with E-state index in [0.29, 0.717) is 30.5 Å². The van der Waals surface area contributed by atoms with Gasteiger partial charge in [0.25, 0.3) is 0 Å². The van der Waals surface area contributed by atoms with Gasteiger partial charge in [-0.15, -0.1) is 0 Å². The molecular formula is C16H24N2O3. The van der Waals surface area contributed by atoms with E-state index in [1.54, 1.807) is 14.2 Å². The van der Waals surface area contributed by atoms with Crippen LogP contribution in [0.25, 0.3) is 0 Å². The van der Waals surface area contributed by atoms with Crippen LogP contribution in [-0.2, 0) is 11.3 Å². The number of nitrogens with one attached hydrogen (secondary N) is 2. The molecule has 2 rings (SSSR count). The van der Waals surface area contributed by atoms with E-state index in [4.69, 9.17) is 9.47 Å². The number of carbonyl (C=O) groups is 1. The van der Waals surface area contributed by atoms with Crippen molar-refractivity contribution in [2.24, 2.45) is 0 Å². The van der Waals surface area contributed by atoms with Crippen LogP contribution in [0.5, 0.6) is 11.5 Å². The Bertz CT molecular complexity index is 471. The van der Waals surface area contributed by atoms with Gasteiger partial charge in [0, 0.05) is 19.0 Å². The first-order valence-corrected chi connectivity index (χ1v) is 7.44. The average molecular weight is 292 g/mol. The molecule has 0 radical (unpaired) electrons. The SMILES string of the molecule is COc1ccc(CNC(=O)CCC2CCCN2)cc1OC. The minimum atomic E-state index is 0.0958. The third kappa shape index (κ3) is 4.63. The zero-order chi connectivity index (χ0) is 15.1. The summed E-state index contributed by atoms with van der Waals surface area (Å²) >= 11 is 0. The maximum Gasteiger partial charge on any atom is 0.220 e. The van der Waals surface area contributed by atoms with Crippen LogP contribution in [0.4, 0.5) is 0 Å². The summed E-state index contributed by atoms with van der Waals surface area (Å²) < 4.78 is 10.4. The summed E-state index contributed by atoms with van der Waals surface area (Å²) in [5.74, 6) is 1.47. The molecule has 21 heavy (non-hydrogen) atoms. The molecule has 116 valence electrons. The molecule has 1 aliphatic rings. The normalized spacial score (nSPS) is 17.5. The number of methoxy groups -OCH3 is 2. The van der Waals surface area contributed by atoms with Gasteiger partial charge in [-0.3, -0.25) is 4.79 Å². The van der Waals surface area contributed by atoms with Crippen molar-refractivity contribution in [2.75, 3.05) is 20.8 Å². The predicted octanol–water partition coefficient (Wildman–Crippen LogP) is 1.85. The second-order valence-electron chi connectivity index (χ2n) is 5.30. The highest BCUT2D eigenvalue weighted by molar-refractivity contribution is 5.75. The molecule has 1 amide bonds. The van der Waals surface area contributed by atoms with Gasteiger partial charge >= 0.3 is 0 Å². The third-order valence-electron chi connectivity index (χ3n) is 3.82. The molecule has 0 spiro atoms. The largest absolute Gasteiger partial charge is 0.493 e. The fraction of sp³-hybridized carbons (Fsp3) is 0.562. The lowest BCUT2D eigenvalue weighted by Crippen LogP contribution is -2.27. The summed E-state index contributed by atoms with van der Waals surface area (Å²) in [5.41, 5.74) is 1.000. The first kappa shape index (κ1) is 15.6. The van der Waals surface area contributed by atoms with E-state index in [0.717, 1.165) is 18.5 Å². The van der Waals surface area contributed by atoms with Crippen molar-refractivity contribution in [2.45, 2.75) is 38.3 Å². The maximum absolute atomic E-state index is 11.9. The highest BCUT2D eigenvalue weighted by Crippen LogP contribution is 2.27. The first-order chi connectivity index (χ1) is 10.2. The Kier molecular flexibility index (Phi) is 5.87. The molecule has 5 nitrogen and oxygen atoms in total. The van der Waals surface area contributed by atoms with Crippen LogP contribution in [0.2, 0.25) is 0 Å². The van der Waals surface area contributed by atoms with Gasteiger partial charge in [0.2, 0.25) is 5.91 Å². The van der Waals surface area contributed by atoms with Crippen molar-refractivity contribution < 1.29 is 14.3 Å². The Hall–Kier alpha value is -1.75. The van der Waals surface area contributed by atoms with E-state index in [-0.39, 0.29) is 5.91 Å². The summed E-state index contributed by atoms with van der Waals surface area (Å²) in [4.78, 5) is 11.9. The summed E-state index contributed by atoms with van der Waals surface area (Å²) in [5, 5.41) is 6.35. The van der Waals surface area contributed by atoms with Crippen molar-refractivity contribution in [1.82, 2.24) is 10.6 Å². The van der Waals surface area contributed by atoms with Gasteiger partial charge in [0.15, 0.2) is 11.5 Å². The molecule has 1 fully saturated rings. The van der Waals surface area contributed by atoms with Crippen LogP contribution in [0.1, 0.15) is 31.2 Å². The van der Waals surface area contributed by atoms with Crippen LogP contribution in [0.15, 0.2) is 18.2 Å². The van der Waals surface area contributed by atoms with E-state index >= 15 is 0 Å². The van der Waals surface area contributed by atoms with Gasteiger partial charge < -0.3 is 20.1 Å². The molecule has 1 saturated heterocycles. The molecule has 1 atom stereocenters. The van der Waals surface area contributed by atoms with Gasteiger partial charge in [-0.1, -0.05) is 6.07 Å². The zero-order valence-electron chi connectivity index (χ0n) is 12.8. The molecular weight excluding hydrogens is 268 g/mol. The molecule has 5 heteroatoms. The van der Waals surface area contributed by atoms with Gasteiger partial charge in [0.05, 0.1) is 14.2 Å². The summed E-state index contributed by atoms with van der Waals surface area (Å²) in [6.45, 7) is 1.59. The van der Waals surface area contributed by atoms with Crippen LogP contribution in [0.3, 0.4) is 0 Å². The van der Waals surface area contributed by atoms with Gasteiger partial charge in [-0.25, -0.2) is 0 Å². The number of benzene rings is 1. The topological polar surface area (TPSA) is 59.6 Å². The van der Waals surface area contributed by atoms with E-state index < -0.39 is 0 Å². The van der Waals surface area contributed by atoms with E-state index in [1.165, 1.54) is 12.8 Å². The van der Waals surface area contributed by atoms with Crippen LogP contribution < -0.4 is 20.1 Å². The Morgan fingerprint density at radius 1 is 1.33 bits per heavy atom. The van der Waals surface area contributed by atoms with Gasteiger partial charge in [-0.05, 0) is 43.5 Å². The van der Waals surface area contributed by atoms with E-state index in [1.807, 2.05) is 18.2 Å². The van der Waals surface area contributed by atoms with Gasteiger partial charge in [-0.2, -0.15) is 0 Å². The molecule has 0 saturated carbocycles. The number of amides is 1. The Labute approximate surface area is 126 Å². The lowest BCUT2D eigenvalue weighted by Gasteiger charge is -2.11. The quantitative estimate of drug-likeness (QED) is 0.805. The highest BCUT2D eigenvalue weighted by atomic mass is 16.5. The summed E-state index contributed by atoms with van der Waals surface area (Å²) in [6, 6.07) is 6.18. The van der Waals surface area contributed by atoms with Crippen LogP contribution in [0, 0.1) is 0 Å². The standard InChI is InChI=1S/C16H24N2O3/c1-20-14-7-5-12(10-15(14)21-2)11-18-16(19)8-6-13-4-3-9-17-13/h5,7,10,13,17H,3-4,6,8-9,11H2,1-2H3,(H,18,19). The Balaban J connectivity index is 1.77. The second-order valence-corrected chi connectivity index (χ2v) is 5.30. The van der Waals surface area contributed by atoms with Crippen LogP contribution >= 0.6 is 0 Å². The molecule has 1 aromatic rings. The van der Waals surface area contributed by atoms with Crippen molar-refractivity contribution >= 4 is 5.91 Å². The number of hydrogen-bond acceptors (Lipinski definition) is 4. The van der Waals surface area contributed by atoms with Crippen LogP contribution in [-0.4, -0.2) is 32.7 Å². The fourth-order valence-corrected chi connectivity index (χ4v) is 2.59. The summed E-state index contributed by atoms with van der Waals surface area (Å²) in [6.07, 6.45) is 3.89. The molecule has 2 N–H and O–H groups in total. The summed E-state index contributed by atoms with van der Waals surface area (Å²) in [7, 11) is 3.21. The van der Waals surface area contributed by atoms with Crippen molar-refractivity contribution in [3.8, 4) is 11.5 Å². The number of ether oxygens (including phenoxy) is 2. The monoisotopic (exact) mass is 292 g/mol. The first-order valence-electron chi connectivity index (χ1n) is 7.44. The number of rotatable bonds is 7. The fourth-order valence-electron chi connectivity index (χ4n) is 2.59. The molecule has 0 aliphatic carbocycles. The minimum Gasteiger partial charge on any atom is -0.493 e. The molecule has 0 bridgehead atoms. The van der Waals surface area contributed by atoms with Crippen molar-refractivity contribution in [3.05, 3.63) is 23.8 Å². The Morgan fingerprint density at radius 2 is 2.14 bits per heavy atom. The molecule has 0 aromatic heterocycles. The molecule has 1 aromatic carbocycles. The average Bonchev–Trinajstić information content (AvgIpc) is 3.04. The van der Waals surface area contributed by atoms with Crippen molar-refractivity contribution in [3.63, 3.8) is 0 Å². The number of carbonyl (C=O) groups excluding carboxylic acids is 1. The lowest BCUT2D eigenvalue weighted by molar-refractivity contribution is -0.121. The molecule has 1 heterocycles. The highest BCUT2D eigenvalue weighted by Gasteiger charge is 2.15. The zero-order valence-corrected chi connectivity index (χ0v) is 12.8. The van der Waals surface area contributed by atoms with Gasteiger partial charge in [0.1, 0.15) is 0 Å². The maximum atomic E-state index is 11.9. The Morgan fingerprint density at radius 3 is 2.81 bits per heavy atom. The molecule has 1 unspecified atom stereocenters. The smallest absolute Gasteiger partial charge is 0.220 e. The number of hydrogen-bond donors (Lipinski definition) is 2. The second kappa shape index (κ2) is 7.88. The predicted molar refractivity (Wildman–Crippen MR) is 81.7 cm³/mol. The lowest BCUT2D eigenvalue weighted by atomic mass is 10.1. The van der Waals surface area contributed by atoms with E-state index in [9.17, 15) is 4.79 Å². The van der Waals surface area contributed by atoms with Crippen molar-refractivity contribution in [1.29, 1.82) is 0 Å². The van der Waals surface area contributed by atoms with E-state index in [2.05, 4.69) is 10.6 Å². The minimum absolute atomic E-state index is 0.0958. The third-order valence-corrected chi connectivity index (χ3v) is 3.82. The molecule has 1 aliphatic heterocycles.